The van der Waals surface area contributed by atoms with Crippen LogP contribution in [0.3, 0.4) is 0 Å². The van der Waals surface area contributed by atoms with Crippen LogP contribution in [0.4, 0.5) is 0 Å². The van der Waals surface area contributed by atoms with Crippen molar-refractivity contribution in [2.24, 2.45) is 4.52 Å². The van der Waals surface area contributed by atoms with E-state index in [2.05, 4.69) is 104 Å². The van der Waals surface area contributed by atoms with Crippen molar-refractivity contribution in [1.29, 1.82) is 0 Å². The summed E-state index contributed by atoms with van der Waals surface area (Å²) >= 11 is 0. The van der Waals surface area contributed by atoms with Gasteiger partial charge < -0.3 is 0 Å². The second kappa shape index (κ2) is 5.20. The van der Waals surface area contributed by atoms with Crippen LogP contribution in [0.1, 0.15) is 0 Å². The summed E-state index contributed by atoms with van der Waals surface area (Å²) in [5.74, 6) is 0. The van der Waals surface area contributed by atoms with Gasteiger partial charge in [-0.1, -0.05) is 0 Å². The third kappa shape index (κ3) is 1.82. The van der Waals surface area contributed by atoms with Crippen molar-refractivity contribution in [2.75, 3.05) is 0 Å². The third-order valence-corrected chi connectivity index (χ3v) is 18.1. The minimum absolute atomic E-state index is 0.0430. The molecule has 151 valence electrons. The zero-order chi connectivity index (χ0) is 22.3. The molecule has 2 nitrogen and oxygen atoms in total. The molecule has 0 N–H and O–H groups in total. The van der Waals surface area contributed by atoms with Crippen LogP contribution in [0.25, 0.3) is 38.6 Å². The number of aromatic nitrogens is 1. The van der Waals surface area contributed by atoms with E-state index >= 15 is 0 Å². The van der Waals surface area contributed by atoms with Crippen LogP contribution in [0.2, 0.25) is 0 Å². The van der Waals surface area contributed by atoms with Crippen molar-refractivity contribution in [3.05, 3.63) is 78.9 Å². The van der Waals surface area contributed by atoms with Gasteiger partial charge in [0.15, 0.2) is 0 Å². The fourth-order valence-corrected chi connectivity index (χ4v) is 16.6. The van der Waals surface area contributed by atoms with Gasteiger partial charge in [-0.15, -0.1) is 0 Å². The molecule has 5 aromatic rings. The molecule has 0 unspecified atom stereocenters. The van der Waals surface area contributed by atoms with Crippen LogP contribution in [0.15, 0.2) is 83.4 Å². The van der Waals surface area contributed by atoms with Crippen LogP contribution < -0.4 is 21.7 Å². The first kappa shape index (κ1) is 18.0. The van der Waals surface area contributed by atoms with Gasteiger partial charge in [0.25, 0.3) is 0 Å². The van der Waals surface area contributed by atoms with Crippen molar-refractivity contribution in [2.45, 2.75) is 0 Å². The van der Waals surface area contributed by atoms with E-state index in [9.17, 15) is 0 Å². The maximum atomic E-state index is 5.62. The Labute approximate surface area is 207 Å². The normalized spacial score (nSPS) is 22.1. The number of benzene rings is 4. The molecule has 11 rings (SSSR count). The Morgan fingerprint density at radius 1 is 0.857 bits per heavy atom. The van der Waals surface area contributed by atoms with Crippen LogP contribution in [-0.4, -0.2) is 50.8 Å². The predicted molar refractivity (Wildman–Crippen MR) is 161 cm³/mol. The zero-order valence-corrected chi connectivity index (χ0v) is 20.6. The van der Waals surface area contributed by atoms with Gasteiger partial charge in [0.1, 0.15) is 0 Å². The van der Waals surface area contributed by atoms with Crippen LogP contribution >= 0.6 is 13.9 Å². The third-order valence-electron chi connectivity index (χ3n) is 9.66. The maximum absolute atomic E-state index is 5.62. The number of nitrogens with zero attached hydrogens (tertiary/aromatic N) is 2. The monoisotopic (exact) mass is 468 g/mol. The molecule has 4 aromatic carbocycles. The summed E-state index contributed by atoms with van der Waals surface area (Å²) in [6.07, 6.45) is 0.324. The summed E-state index contributed by atoms with van der Waals surface area (Å²) in [5, 5.41) is 4.32. The number of fused-ring (bicyclic) bond motifs is 10. The molecular formula is C24H13B7N2P2-. The topological polar surface area (TPSA) is 17.3 Å². The summed E-state index contributed by atoms with van der Waals surface area (Å²) in [7, 11) is 2.45. The van der Waals surface area contributed by atoms with Gasteiger partial charge in [-0.05, 0) is 0 Å². The summed E-state index contributed by atoms with van der Waals surface area (Å²) in [4.78, 5) is 0. The van der Waals surface area contributed by atoms with Gasteiger partial charge in [-0.25, -0.2) is 0 Å². The molecule has 11 heteroatoms. The van der Waals surface area contributed by atoms with Crippen molar-refractivity contribution >= 4 is 104 Å². The number of rotatable bonds is 2. The first-order chi connectivity index (χ1) is 17.3. The summed E-state index contributed by atoms with van der Waals surface area (Å²) in [6, 6.07) is 30.3. The van der Waals surface area contributed by atoms with Crippen LogP contribution in [0, 0.1) is 0 Å². The number of para-hydroxylation sites is 1. The van der Waals surface area contributed by atoms with Gasteiger partial charge in [0, 0.05) is 0 Å². The minimum atomic E-state index is -2.12. The molecule has 6 aliphatic heterocycles. The molecule has 0 bridgehead atoms. The molecule has 0 atom stereocenters. The van der Waals surface area contributed by atoms with Crippen molar-refractivity contribution in [1.82, 2.24) is 4.57 Å². The number of hydrogen-bond donors (Lipinski definition) is 0. The molecular weight excluding hydrogens is 454 g/mol. The molecule has 4 fully saturated rings. The Bertz CT molecular complexity index is 1950. The second-order valence-electron chi connectivity index (χ2n) is 11.3. The van der Waals surface area contributed by atoms with Gasteiger partial charge in [-0.2, -0.15) is 0 Å². The first-order valence-electron chi connectivity index (χ1n) is 12.7. The molecule has 4 saturated heterocycles. The molecule has 0 saturated carbocycles. The average Bonchev–Trinajstić information content (AvgIpc) is 3.82. The Kier molecular flexibility index (Phi) is 2.67. The summed E-state index contributed by atoms with van der Waals surface area (Å²) in [6.45, 7) is 5.55. The molecule has 7 heterocycles. The molecule has 5 radical (unpaired) electrons. The van der Waals surface area contributed by atoms with E-state index in [4.69, 9.17) is 4.52 Å². The van der Waals surface area contributed by atoms with E-state index in [0.717, 1.165) is 12.4 Å². The number of hydrogen-bond acceptors (Lipinski definition) is 1. The standard InChI is InChI=1S/C24H13B7N2P2/c1-2-8-19-15(5-1)16-6-4-10-22-23(16)28(19)20-9-3-7-17-18-13-14(11-12-21(18)33(22)24(17)20)35(26-29(35)27-35)32-34-30-25-31(30)34/h1-13H/q-1. The van der Waals surface area contributed by atoms with Crippen LogP contribution in [-0.2, 0) is 0 Å². The molecule has 0 amide bonds. The van der Waals surface area contributed by atoms with E-state index in [0.29, 0.717) is 12.9 Å². The van der Waals surface area contributed by atoms with Crippen molar-refractivity contribution in [3.8, 4) is 16.8 Å². The fraction of sp³-hybridized carbons (Fsp3) is 0. The predicted octanol–water partition coefficient (Wildman–Crippen LogP) is 2.39. The van der Waals surface area contributed by atoms with Gasteiger partial charge >= 0.3 is 208 Å². The fourth-order valence-electron chi connectivity index (χ4n) is 7.51. The molecule has 1 aromatic heterocycles. The quantitative estimate of drug-likeness (QED) is 0.275. The Hall–Kier alpha value is -2.34. The van der Waals surface area contributed by atoms with E-state index < -0.39 is 6.39 Å². The summed E-state index contributed by atoms with van der Waals surface area (Å²) < 4.78 is 8.18. The Morgan fingerprint density at radius 2 is 1.66 bits per heavy atom. The van der Waals surface area contributed by atoms with Gasteiger partial charge in [-0.3, -0.25) is 0 Å². The van der Waals surface area contributed by atoms with Crippen LogP contribution in [0.5, 0.6) is 0 Å². The van der Waals surface area contributed by atoms with E-state index in [1.54, 1.807) is 0 Å². The molecule has 35 heavy (non-hydrogen) atoms. The van der Waals surface area contributed by atoms with E-state index in [-0.39, 0.29) is 7.47 Å². The first-order valence-corrected chi connectivity index (χ1v) is 16.5. The van der Waals surface area contributed by atoms with E-state index in [1.165, 1.54) is 60.3 Å². The average molecular weight is 467 g/mol. The zero-order valence-electron chi connectivity index (χ0n) is 18.8. The SMILES string of the molecule is [B]1B2[B-]P12(N=[P+]1B2[B-]B21)c1ccc2c(c1)c1cccc3c1n2-c1cccc2c1B3c1ccccc1-2. The van der Waals surface area contributed by atoms with Gasteiger partial charge in [0.2, 0.25) is 0 Å². The summed E-state index contributed by atoms with van der Waals surface area (Å²) in [5.41, 5.74) is 11.3. The second-order valence-corrected chi connectivity index (χ2v) is 18.2. The van der Waals surface area contributed by atoms with Gasteiger partial charge in [0.05, 0.1) is 0 Å². The Morgan fingerprint density at radius 3 is 2.49 bits per heavy atom. The van der Waals surface area contributed by atoms with Crippen molar-refractivity contribution < 1.29 is 0 Å². The molecule has 6 aliphatic rings. The Balaban J connectivity index is 1.24. The molecule has 0 spiro atoms. The van der Waals surface area contributed by atoms with E-state index in [1.807, 2.05) is 0 Å². The van der Waals surface area contributed by atoms with Crippen molar-refractivity contribution in [3.63, 3.8) is 0 Å². The molecule has 0 aliphatic carbocycles.